The zero-order chi connectivity index (χ0) is 14.4. The van der Waals surface area contributed by atoms with E-state index in [2.05, 4.69) is 0 Å². The van der Waals surface area contributed by atoms with Gasteiger partial charge in [0, 0.05) is 5.57 Å². The molecule has 0 spiro atoms. The van der Waals surface area contributed by atoms with Crippen LogP contribution in [0.5, 0.6) is 5.75 Å². The van der Waals surface area contributed by atoms with Crippen molar-refractivity contribution in [1.82, 2.24) is 0 Å². The molecule has 2 aromatic carbocycles. The van der Waals surface area contributed by atoms with Gasteiger partial charge in [-0.2, -0.15) is 0 Å². The van der Waals surface area contributed by atoms with Crippen LogP contribution >= 0.6 is 0 Å². The summed E-state index contributed by atoms with van der Waals surface area (Å²) in [5.74, 6) is -0.145. The van der Waals surface area contributed by atoms with Gasteiger partial charge in [0.15, 0.2) is 0 Å². The molecule has 102 valence electrons. The predicted octanol–water partition coefficient (Wildman–Crippen LogP) is 3.75. The number of aliphatic carboxylic acids is 1. The van der Waals surface area contributed by atoms with Crippen molar-refractivity contribution in [3.63, 3.8) is 0 Å². The second-order valence-electron chi connectivity index (χ2n) is 4.48. The summed E-state index contributed by atoms with van der Waals surface area (Å²) in [7, 11) is 0. The van der Waals surface area contributed by atoms with Crippen LogP contribution in [-0.4, -0.2) is 11.1 Å². The van der Waals surface area contributed by atoms with E-state index in [4.69, 9.17) is 9.84 Å². The van der Waals surface area contributed by atoms with E-state index in [0.717, 1.165) is 16.9 Å². The fraction of sp³-hybridized carbons (Fsp3) is 0.118. The largest absolute Gasteiger partial charge is 0.489 e. The van der Waals surface area contributed by atoms with Crippen LogP contribution in [0.3, 0.4) is 0 Å². The average molecular weight is 268 g/mol. The van der Waals surface area contributed by atoms with E-state index >= 15 is 0 Å². The van der Waals surface area contributed by atoms with Gasteiger partial charge in [0.25, 0.3) is 0 Å². The maximum Gasteiger partial charge on any atom is 0.331 e. The summed E-state index contributed by atoms with van der Waals surface area (Å²) in [5, 5.41) is 8.82. The number of ether oxygens (including phenoxy) is 1. The Labute approximate surface area is 118 Å². The Morgan fingerprint density at radius 3 is 2.35 bits per heavy atom. The second-order valence-corrected chi connectivity index (χ2v) is 4.48. The molecule has 0 aromatic heterocycles. The Balaban J connectivity index is 1.98. The number of rotatable bonds is 5. The molecule has 0 unspecified atom stereocenters. The van der Waals surface area contributed by atoms with E-state index < -0.39 is 5.97 Å². The lowest BCUT2D eigenvalue weighted by atomic mass is 10.1. The molecule has 0 atom stereocenters. The summed E-state index contributed by atoms with van der Waals surface area (Å²) in [5.41, 5.74) is 2.26. The Hall–Kier alpha value is -2.55. The van der Waals surface area contributed by atoms with Gasteiger partial charge in [-0.1, -0.05) is 42.5 Å². The van der Waals surface area contributed by atoms with Crippen LogP contribution in [0.2, 0.25) is 0 Å². The third-order valence-electron chi connectivity index (χ3n) is 2.85. The van der Waals surface area contributed by atoms with Crippen molar-refractivity contribution in [2.45, 2.75) is 13.5 Å². The first-order valence-electron chi connectivity index (χ1n) is 6.33. The van der Waals surface area contributed by atoms with E-state index in [1.165, 1.54) is 0 Å². The van der Waals surface area contributed by atoms with Gasteiger partial charge < -0.3 is 9.84 Å². The van der Waals surface area contributed by atoms with E-state index in [9.17, 15) is 4.79 Å². The van der Waals surface area contributed by atoms with Crippen LogP contribution in [0.15, 0.2) is 60.2 Å². The lowest BCUT2D eigenvalue weighted by Crippen LogP contribution is -1.96. The zero-order valence-electron chi connectivity index (χ0n) is 11.2. The summed E-state index contributed by atoms with van der Waals surface area (Å²) in [6.45, 7) is 2.09. The van der Waals surface area contributed by atoms with Crippen molar-refractivity contribution < 1.29 is 14.6 Å². The molecule has 3 nitrogen and oxygen atoms in total. The SMILES string of the molecule is CC(=Cc1ccc(OCc2ccccc2)cc1)C(=O)O. The normalized spacial score (nSPS) is 11.2. The van der Waals surface area contributed by atoms with Crippen LogP contribution in [0.1, 0.15) is 18.1 Å². The summed E-state index contributed by atoms with van der Waals surface area (Å²) >= 11 is 0. The Kier molecular flexibility index (Phi) is 4.56. The summed E-state index contributed by atoms with van der Waals surface area (Å²) in [4.78, 5) is 10.7. The number of carboxylic acids is 1. The molecule has 0 aliphatic carbocycles. The minimum absolute atomic E-state index is 0.308. The van der Waals surface area contributed by atoms with Crippen molar-refractivity contribution in [2.24, 2.45) is 0 Å². The average Bonchev–Trinajstić information content (AvgIpc) is 2.47. The highest BCUT2D eigenvalue weighted by atomic mass is 16.5. The molecular formula is C17H16O3. The molecule has 0 aliphatic heterocycles. The first-order chi connectivity index (χ1) is 9.65. The Morgan fingerprint density at radius 2 is 1.75 bits per heavy atom. The molecule has 0 fully saturated rings. The van der Waals surface area contributed by atoms with Crippen molar-refractivity contribution in [3.05, 3.63) is 71.3 Å². The van der Waals surface area contributed by atoms with Crippen molar-refractivity contribution >= 4 is 12.0 Å². The lowest BCUT2D eigenvalue weighted by molar-refractivity contribution is -0.132. The topological polar surface area (TPSA) is 46.5 Å². The van der Waals surface area contributed by atoms with Crippen LogP contribution in [0, 0.1) is 0 Å². The number of carboxylic acid groups (broad SMARTS) is 1. The van der Waals surface area contributed by atoms with E-state index in [1.807, 2.05) is 54.6 Å². The molecule has 2 rings (SSSR count). The van der Waals surface area contributed by atoms with Crippen molar-refractivity contribution in [1.29, 1.82) is 0 Å². The molecule has 2 aromatic rings. The summed E-state index contributed by atoms with van der Waals surface area (Å²) in [6.07, 6.45) is 1.63. The molecule has 1 N–H and O–H groups in total. The molecule has 20 heavy (non-hydrogen) atoms. The van der Waals surface area contributed by atoms with Crippen LogP contribution in [0.4, 0.5) is 0 Å². The summed E-state index contributed by atoms with van der Waals surface area (Å²) in [6, 6.07) is 17.3. The van der Waals surface area contributed by atoms with Crippen molar-refractivity contribution in [3.8, 4) is 5.75 Å². The van der Waals surface area contributed by atoms with Crippen LogP contribution < -0.4 is 4.74 Å². The molecule has 0 heterocycles. The van der Waals surface area contributed by atoms with Gasteiger partial charge in [0.2, 0.25) is 0 Å². The monoisotopic (exact) mass is 268 g/mol. The molecule has 0 saturated carbocycles. The van der Waals surface area contributed by atoms with Gasteiger partial charge in [0.1, 0.15) is 12.4 Å². The standard InChI is InChI=1S/C17H16O3/c1-13(17(18)19)11-14-7-9-16(10-8-14)20-12-15-5-3-2-4-6-15/h2-11H,12H2,1H3,(H,18,19). The zero-order valence-corrected chi connectivity index (χ0v) is 11.2. The van der Waals surface area contributed by atoms with Crippen molar-refractivity contribution in [2.75, 3.05) is 0 Å². The maximum atomic E-state index is 10.7. The van der Waals surface area contributed by atoms with Crippen LogP contribution in [-0.2, 0) is 11.4 Å². The fourth-order valence-electron chi connectivity index (χ4n) is 1.71. The highest BCUT2D eigenvalue weighted by molar-refractivity contribution is 5.91. The molecule has 3 heteroatoms. The number of hydrogen-bond donors (Lipinski definition) is 1. The molecule has 0 radical (unpaired) electrons. The quantitative estimate of drug-likeness (QED) is 0.840. The third kappa shape index (κ3) is 3.99. The third-order valence-corrected chi connectivity index (χ3v) is 2.85. The highest BCUT2D eigenvalue weighted by Crippen LogP contribution is 2.16. The lowest BCUT2D eigenvalue weighted by Gasteiger charge is -2.06. The number of carbonyl (C=O) groups is 1. The molecule has 0 bridgehead atoms. The van der Waals surface area contributed by atoms with Gasteiger partial charge >= 0.3 is 5.97 Å². The van der Waals surface area contributed by atoms with Gasteiger partial charge in [-0.05, 0) is 36.3 Å². The Bertz CT molecular complexity index is 598. The molecule has 0 saturated heterocycles. The molecule has 0 amide bonds. The van der Waals surface area contributed by atoms with E-state index in [1.54, 1.807) is 13.0 Å². The maximum absolute atomic E-state index is 10.7. The first kappa shape index (κ1) is 13.9. The molecular weight excluding hydrogens is 252 g/mol. The predicted molar refractivity (Wildman–Crippen MR) is 78.5 cm³/mol. The summed E-state index contributed by atoms with van der Waals surface area (Å²) < 4.78 is 5.66. The van der Waals surface area contributed by atoms with E-state index in [-0.39, 0.29) is 0 Å². The van der Waals surface area contributed by atoms with Gasteiger partial charge in [-0.25, -0.2) is 4.79 Å². The first-order valence-corrected chi connectivity index (χ1v) is 6.33. The minimum atomic E-state index is -0.908. The van der Waals surface area contributed by atoms with E-state index in [0.29, 0.717) is 12.2 Å². The van der Waals surface area contributed by atoms with Gasteiger partial charge in [-0.15, -0.1) is 0 Å². The Morgan fingerprint density at radius 1 is 1.10 bits per heavy atom. The van der Waals surface area contributed by atoms with Crippen LogP contribution in [0.25, 0.3) is 6.08 Å². The highest BCUT2D eigenvalue weighted by Gasteiger charge is 2.00. The second kappa shape index (κ2) is 6.57. The van der Waals surface area contributed by atoms with Gasteiger partial charge in [0.05, 0.1) is 0 Å². The van der Waals surface area contributed by atoms with Gasteiger partial charge in [-0.3, -0.25) is 0 Å². The fourth-order valence-corrected chi connectivity index (χ4v) is 1.71. The number of benzene rings is 2. The number of hydrogen-bond acceptors (Lipinski definition) is 2. The molecule has 0 aliphatic rings. The smallest absolute Gasteiger partial charge is 0.331 e. The minimum Gasteiger partial charge on any atom is -0.489 e.